The SMILES string of the molecule is [2H]C([2H])([2H])C1(C)c2cccnc2N(c2ccccc2C)[C@H]1C. The highest BCUT2D eigenvalue weighted by Crippen LogP contribution is 2.47. The lowest BCUT2D eigenvalue weighted by atomic mass is 9.82. The third-order valence-electron chi connectivity index (χ3n) is 4.17. The fraction of sp³-hybridized carbons (Fsp3) is 0.353. The number of aromatic nitrogens is 1. The maximum absolute atomic E-state index is 8.07. The molecule has 0 radical (unpaired) electrons. The van der Waals surface area contributed by atoms with Crippen molar-refractivity contribution in [3.8, 4) is 0 Å². The van der Waals surface area contributed by atoms with Crippen molar-refractivity contribution < 1.29 is 4.11 Å². The van der Waals surface area contributed by atoms with E-state index in [1.54, 1.807) is 6.20 Å². The van der Waals surface area contributed by atoms with Crippen LogP contribution in [-0.2, 0) is 5.41 Å². The standard InChI is InChI=1S/C17H20N2/c1-12-8-5-6-10-15(12)19-13(2)17(3,4)14-9-7-11-18-16(14)19/h5-11,13H,1-4H3/t13-/m0/s1/i3D3/t13-,17?. The molecule has 3 rings (SSSR count). The minimum atomic E-state index is -2.10. The first-order chi connectivity index (χ1) is 10.3. The van der Waals surface area contributed by atoms with Crippen LogP contribution < -0.4 is 4.90 Å². The summed E-state index contributed by atoms with van der Waals surface area (Å²) in [5.41, 5.74) is 1.98. The van der Waals surface area contributed by atoms with E-state index < -0.39 is 12.3 Å². The van der Waals surface area contributed by atoms with Gasteiger partial charge in [0.05, 0.1) is 0 Å². The van der Waals surface area contributed by atoms with Crippen LogP contribution >= 0.6 is 0 Å². The highest BCUT2D eigenvalue weighted by atomic mass is 15.3. The summed E-state index contributed by atoms with van der Waals surface area (Å²) in [7, 11) is 0. The summed E-state index contributed by atoms with van der Waals surface area (Å²) in [6, 6.07) is 11.5. The van der Waals surface area contributed by atoms with E-state index in [9.17, 15) is 0 Å². The number of pyridine rings is 1. The van der Waals surface area contributed by atoms with Gasteiger partial charge in [-0.25, -0.2) is 4.98 Å². The molecule has 1 aromatic heterocycles. The van der Waals surface area contributed by atoms with Gasteiger partial charge >= 0.3 is 0 Å². The molecule has 98 valence electrons. The van der Waals surface area contributed by atoms with E-state index in [-0.39, 0.29) is 6.04 Å². The molecule has 1 unspecified atom stereocenters. The number of benzene rings is 1. The largest absolute Gasteiger partial charge is 0.322 e. The smallest absolute Gasteiger partial charge is 0.137 e. The van der Waals surface area contributed by atoms with Gasteiger partial charge in [-0.05, 0) is 31.5 Å². The maximum atomic E-state index is 8.07. The molecular weight excluding hydrogens is 232 g/mol. The average molecular weight is 255 g/mol. The minimum absolute atomic E-state index is 0.203. The Morgan fingerprint density at radius 2 is 2.05 bits per heavy atom. The molecule has 0 saturated heterocycles. The fourth-order valence-electron chi connectivity index (χ4n) is 2.82. The quantitative estimate of drug-likeness (QED) is 0.759. The molecule has 1 aliphatic heterocycles. The molecule has 2 heteroatoms. The number of rotatable bonds is 1. The summed E-state index contributed by atoms with van der Waals surface area (Å²) >= 11 is 0. The van der Waals surface area contributed by atoms with E-state index in [0.717, 1.165) is 22.6 Å². The monoisotopic (exact) mass is 255 g/mol. The third kappa shape index (κ3) is 1.66. The van der Waals surface area contributed by atoms with Crippen molar-refractivity contribution in [3.63, 3.8) is 0 Å². The molecule has 2 nitrogen and oxygen atoms in total. The van der Waals surface area contributed by atoms with Crippen LogP contribution in [0.2, 0.25) is 0 Å². The first-order valence-electron chi connectivity index (χ1n) is 8.09. The Hall–Kier alpha value is -1.83. The van der Waals surface area contributed by atoms with Crippen molar-refractivity contribution in [2.75, 3.05) is 4.90 Å². The fourth-order valence-corrected chi connectivity index (χ4v) is 2.82. The number of hydrogen-bond acceptors (Lipinski definition) is 2. The van der Waals surface area contributed by atoms with Gasteiger partial charge in [-0.2, -0.15) is 0 Å². The zero-order chi connectivity index (χ0) is 16.1. The molecule has 0 fully saturated rings. The van der Waals surface area contributed by atoms with E-state index >= 15 is 0 Å². The van der Waals surface area contributed by atoms with Crippen LogP contribution in [0.25, 0.3) is 0 Å². The van der Waals surface area contributed by atoms with Crippen LogP contribution in [0.5, 0.6) is 0 Å². The van der Waals surface area contributed by atoms with Crippen LogP contribution in [-0.4, -0.2) is 11.0 Å². The molecule has 0 saturated carbocycles. The maximum Gasteiger partial charge on any atom is 0.137 e. The number of aryl methyl sites for hydroxylation is 1. The van der Waals surface area contributed by atoms with Crippen molar-refractivity contribution >= 4 is 11.5 Å². The van der Waals surface area contributed by atoms with Gasteiger partial charge in [0.25, 0.3) is 0 Å². The van der Waals surface area contributed by atoms with Crippen molar-refractivity contribution in [1.29, 1.82) is 0 Å². The summed E-state index contributed by atoms with van der Waals surface area (Å²) in [6.07, 6.45) is 1.72. The van der Waals surface area contributed by atoms with E-state index in [4.69, 9.17) is 4.11 Å². The Bertz CT molecular complexity index is 711. The molecule has 1 aliphatic rings. The predicted octanol–water partition coefficient (Wildman–Crippen LogP) is 4.21. The summed E-state index contributed by atoms with van der Waals surface area (Å²) in [4.78, 5) is 6.56. The van der Waals surface area contributed by atoms with Gasteiger partial charge in [-0.1, -0.05) is 38.0 Å². The van der Waals surface area contributed by atoms with E-state index in [0.29, 0.717) is 0 Å². The molecule has 2 atom stereocenters. The van der Waals surface area contributed by atoms with Crippen molar-refractivity contribution in [3.05, 3.63) is 53.7 Å². The van der Waals surface area contributed by atoms with Crippen LogP contribution in [0, 0.1) is 6.92 Å². The summed E-state index contributed by atoms with van der Waals surface area (Å²) in [5, 5.41) is 0. The Morgan fingerprint density at radius 3 is 2.79 bits per heavy atom. The van der Waals surface area contributed by atoms with Gasteiger partial charge < -0.3 is 4.90 Å². The lowest BCUT2D eigenvalue weighted by Crippen LogP contribution is -2.36. The van der Waals surface area contributed by atoms with Crippen LogP contribution in [0.4, 0.5) is 11.5 Å². The van der Waals surface area contributed by atoms with Crippen LogP contribution in [0.15, 0.2) is 42.6 Å². The Morgan fingerprint density at radius 1 is 1.26 bits per heavy atom. The summed E-state index contributed by atoms with van der Waals surface area (Å²) < 4.78 is 24.2. The van der Waals surface area contributed by atoms with Crippen molar-refractivity contribution in [2.24, 2.45) is 0 Å². The zero-order valence-electron chi connectivity index (χ0n) is 14.5. The first kappa shape index (κ1) is 9.13. The Kier molecular flexibility index (Phi) is 1.97. The normalized spacial score (nSPS) is 28.5. The lowest BCUT2D eigenvalue weighted by molar-refractivity contribution is 0.462. The van der Waals surface area contributed by atoms with E-state index in [2.05, 4.69) is 9.88 Å². The Labute approximate surface area is 119 Å². The molecule has 0 aliphatic carbocycles. The van der Waals surface area contributed by atoms with E-state index in [1.807, 2.05) is 57.2 Å². The lowest BCUT2D eigenvalue weighted by Gasteiger charge is -2.31. The molecule has 0 bridgehead atoms. The third-order valence-corrected chi connectivity index (χ3v) is 4.17. The second-order valence-electron chi connectivity index (χ2n) is 5.41. The predicted molar refractivity (Wildman–Crippen MR) is 80.0 cm³/mol. The number of fused-ring (bicyclic) bond motifs is 1. The second kappa shape index (κ2) is 4.09. The summed E-state index contributed by atoms with van der Waals surface area (Å²) in [6.45, 7) is 3.74. The topological polar surface area (TPSA) is 16.1 Å². The molecule has 0 N–H and O–H groups in total. The van der Waals surface area contributed by atoms with Gasteiger partial charge in [0, 0.05) is 33.0 Å². The minimum Gasteiger partial charge on any atom is -0.322 e. The number of anilines is 2. The first-order valence-corrected chi connectivity index (χ1v) is 6.59. The average Bonchev–Trinajstić information content (AvgIpc) is 2.70. The summed E-state index contributed by atoms with van der Waals surface area (Å²) in [5.74, 6) is 0.753. The zero-order valence-corrected chi connectivity index (χ0v) is 11.5. The number of para-hydroxylation sites is 1. The highest BCUT2D eigenvalue weighted by molar-refractivity contribution is 5.72. The second-order valence-corrected chi connectivity index (χ2v) is 5.41. The molecule has 0 spiro atoms. The van der Waals surface area contributed by atoms with Crippen LogP contribution in [0.1, 0.15) is 35.9 Å². The van der Waals surface area contributed by atoms with Gasteiger partial charge in [-0.3, -0.25) is 0 Å². The van der Waals surface area contributed by atoms with E-state index in [1.165, 1.54) is 0 Å². The molecule has 2 aromatic rings. The van der Waals surface area contributed by atoms with Gasteiger partial charge in [0.15, 0.2) is 0 Å². The molecule has 1 aromatic carbocycles. The highest BCUT2D eigenvalue weighted by Gasteiger charge is 2.43. The van der Waals surface area contributed by atoms with Crippen molar-refractivity contribution in [1.82, 2.24) is 4.98 Å². The van der Waals surface area contributed by atoms with Crippen LogP contribution in [0.3, 0.4) is 0 Å². The van der Waals surface area contributed by atoms with Gasteiger partial charge in [0.2, 0.25) is 0 Å². The molecule has 19 heavy (non-hydrogen) atoms. The van der Waals surface area contributed by atoms with Gasteiger partial charge in [0.1, 0.15) is 5.82 Å². The molecule has 2 heterocycles. The number of nitrogens with zero attached hydrogens (tertiary/aromatic N) is 2. The van der Waals surface area contributed by atoms with Gasteiger partial charge in [-0.15, -0.1) is 0 Å². The van der Waals surface area contributed by atoms with Crippen molar-refractivity contribution in [2.45, 2.75) is 39.1 Å². The Balaban J connectivity index is 2.26. The molecule has 0 amide bonds. The number of hydrogen-bond donors (Lipinski definition) is 0. The molecular formula is C17H20N2.